The molecule has 3 aromatic carbocycles. The summed E-state index contributed by atoms with van der Waals surface area (Å²) in [5.41, 5.74) is 4.34. The van der Waals surface area contributed by atoms with Crippen molar-refractivity contribution in [2.24, 2.45) is 0 Å². The van der Waals surface area contributed by atoms with Crippen molar-refractivity contribution in [3.63, 3.8) is 0 Å². The third kappa shape index (κ3) is 5.55. The van der Waals surface area contributed by atoms with Crippen LogP contribution in [0.15, 0.2) is 72.8 Å². The zero-order chi connectivity index (χ0) is 23.2. The SMILES string of the molecule is CCCC(=O)N1CCN(c2ccc(Cl)cc2NC(=O)c2ccc(-c3ccccc3)cc2)CC1. The zero-order valence-corrected chi connectivity index (χ0v) is 19.5. The number of nitrogens with one attached hydrogen (secondary N) is 1. The minimum Gasteiger partial charge on any atom is -0.366 e. The number of benzene rings is 3. The molecule has 1 aliphatic rings. The predicted octanol–water partition coefficient (Wildman–Crippen LogP) is 5.71. The lowest BCUT2D eigenvalue weighted by Gasteiger charge is -2.37. The van der Waals surface area contributed by atoms with E-state index >= 15 is 0 Å². The van der Waals surface area contributed by atoms with E-state index in [0.29, 0.717) is 48.9 Å². The van der Waals surface area contributed by atoms with Gasteiger partial charge in [-0.3, -0.25) is 9.59 Å². The Morgan fingerprint density at radius 2 is 1.55 bits per heavy atom. The van der Waals surface area contributed by atoms with Crippen LogP contribution in [0.2, 0.25) is 5.02 Å². The maximum absolute atomic E-state index is 13.0. The van der Waals surface area contributed by atoms with Gasteiger partial charge < -0.3 is 15.1 Å². The molecule has 0 bridgehead atoms. The van der Waals surface area contributed by atoms with E-state index in [0.717, 1.165) is 23.2 Å². The van der Waals surface area contributed by atoms with Crippen molar-refractivity contribution in [2.75, 3.05) is 36.4 Å². The molecular weight excluding hydrogens is 434 g/mol. The molecular formula is C27H28ClN3O2. The number of hydrogen-bond donors (Lipinski definition) is 1. The normalized spacial score (nSPS) is 13.6. The number of nitrogens with zero attached hydrogens (tertiary/aromatic N) is 2. The molecule has 0 radical (unpaired) electrons. The van der Waals surface area contributed by atoms with Gasteiger partial charge in [0.2, 0.25) is 5.91 Å². The Kier molecular flexibility index (Phi) is 7.30. The van der Waals surface area contributed by atoms with E-state index in [9.17, 15) is 9.59 Å². The maximum atomic E-state index is 13.0. The van der Waals surface area contributed by atoms with Crippen LogP contribution in [0.1, 0.15) is 30.1 Å². The van der Waals surface area contributed by atoms with E-state index in [1.165, 1.54) is 0 Å². The van der Waals surface area contributed by atoms with Gasteiger partial charge in [0.25, 0.3) is 5.91 Å². The van der Waals surface area contributed by atoms with Gasteiger partial charge in [-0.1, -0.05) is 61.0 Å². The Hall–Kier alpha value is -3.31. The molecule has 0 aliphatic carbocycles. The number of amides is 2. The summed E-state index contributed by atoms with van der Waals surface area (Å²) in [6.07, 6.45) is 1.45. The summed E-state index contributed by atoms with van der Waals surface area (Å²) < 4.78 is 0. The van der Waals surface area contributed by atoms with Gasteiger partial charge in [0.1, 0.15) is 0 Å². The molecule has 33 heavy (non-hydrogen) atoms. The van der Waals surface area contributed by atoms with Crippen LogP contribution in [0, 0.1) is 0 Å². The average molecular weight is 462 g/mol. The lowest BCUT2D eigenvalue weighted by molar-refractivity contribution is -0.131. The Balaban J connectivity index is 1.47. The lowest BCUT2D eigenvalue weighted by Crippen LogP contribution is -2.48. The number of anilines is 2. The van der Waals surface area contributed by atoms with Crippen molar-refractivity contribution in [1.29, 1.82) is 0 Å². The van der Waals surface area contributed by atoms with Gasteiger partial charge in [0.15, 0.2) is 0 Å². The first kappa shape index (κ1) is 22.9. The molecule has 1 aliphatic heterocycles. The average Bonchev–Trinajstić information content (AvgIpc) is 2.85. The predicted molar refractivity (Wildman–Crippen MR) is 135 cm³/mol. The standard InChI is InChI=1S/C27H28ClN3O2/c1-2-6-26(32)31-17-15-30(16-18-31)25-14-13-23(28)19-24(25)29-27(33)22-11-9-21(10-12-22)20-7-4-3-5-8-20/h3-5,7-14,19H,2,6,15-18H2,1H3,(H,29,33). The largest absolute Gasteiger partial charge is 0.366 e. The zero-order valence-electron chi connectivity index (χ0n) is 18.8. The van der Waals surface area contributed by atoms with Gasteiger partial charge in [-0.25, -0.2) is 0 Å². The van der Waals surface area contributed by atoms with Gasteiger partial charge >= 0.3 is 0 Å². The Morgan fingerprint density at radius 1 is 0.879 bits per heavy atom. The molecule has 170 valence electrons. The van der Waals surface area contributed by atoms with Gasteiger partial charge in [-0.05, 0) is 47.9 Å². The number of carbonyl (C=O) groups excluding carboxylic acids is 2. The Morgan fingerprint density at radius 3 is 2.21 bits per heavy atom. The second-order valence-corrected chi connectivity index (χ2v) is 8.61. The first-order valence-electron chi connectivity index (χ1n) is 11.3. The number of rotatable bonds is 6. The summed E-state index contributed by atoms with van der Waals surface area (Å²) in [7, 11) is 0. The third-order valence-corrected chi connectivity index (χ3v) is 6.13. The smallest absolute Gasteiger partial charge is 0.255 e. The van der Waals surface area contributed by atoms with Crippen molar-refractivity contribution >= 4 is 34.8 Å². The van der Waals surface area contributed by atoms with Crippen LogP contribution < -0.4 is 10.2 Å². The summed E-state index contributed by atoms with van der Waals surface area (Å²) in [6.45, 7) is 4.80. The fraction of sp³-hybridized carbons (Fsp3) is 0.259. The van der Waals surface area contributed by atoms with E-state index in [1.54, 1.807) is 6.07 Å². The van der Waals surface area contributed by atoms with E-state index in [1.807, 2.05) is 78.6 Å². The van der Waals surface area contributed by atoms with Gasteiger partial charge in [-0.2, -0.15) is 0 Å². The molecule has 0 atom stereocenters. The summed E-state index contributed by atoms with van der Waals surface area (Å²) in [5, 5.41) is 3.59. The van der Waals surface area contributed by atoms with Crippen LogP contribution in [0.4, 0.5) is 11.4 Å². The molecule has 1 heterocycles. The molecule has 0 saturated carbocycles. The van der Waals surface area contributed by atoms with Crippen molar-refractivity contribution < 1.29 is 9.59 Å². The number of hydrogen-bond acceptors (Lipinski definition) is 3. The van der Waals surface area contributed by atoms with Gasteiger partial charge in [0.05, 0.1) is 11.4 Å². The van der Waals surface area contributed by atoms with Crippen LogP contribution in [0.5, 0.6) is 0 Å². The molecule has 3 aromatic rings. The molecule has 0 unspecified atom stereocenters. The van der Waals surface area contributed by atoms with Crippen LogP contribution in [-0.2, 0) is 4.79 Å². The molecule has 0 spiro atoms. The Bertz CT molecular complexity index is 1110. The molecule has 0 aromatic heterocycles. The molecule has 5 nitrogen and oxygen atoms in total. The highest BCUT2D eigenvalue weighted by Crippen LogP contribution is 2.31. The second kappa shape index (κ2) is 10.5. The highest BCUT2D eigenvalue weighted by atomic mass is 35.5. The van der Waals surface area contributed by atoms with Crippen molar-refractivity contribution in [2.45, 2.75) is 19.8 Å². The highest BCUT2D eigenvalue weighted by Gasteiger charge is 2.23. The lowest BCUT2D eigenvalue weighted by atomic mass is 10.0. The fourth-order valence-electron chi connectivity index (χ4n) is 4.09. The van der Waals surface area contributed by atoms with E-state index in [4.69, 9.17) is 11.6 Å². The molecule has 2 amide bonds. The van der Waals surface area contributed by atoms with Crippen LogP contribution in [0.3, 0.4) is 0 Å². The number of carbonyl (C=O) groups is 2. The minimum atomic E-state index is -0.185. The van der Waals surface area contributed by atoms with Crippen molar-refractivity contribution in [3.8, 4) is 11.1 Å². The maximum Gasteiger partial charge on any atom is 0.255 e. The topological polar surface area (TPSA) is 52.7 Å². The molecule has 1 N–H and O–H groups in total. The quantitative estimate of drug-likeness (QED) is 0.511. The van der Waals surface area contributed by atoms with Crippen molar-refractivity contribution in [1.82, 2.24) is 4.90 Å². The molecule has 1 fully saturated rings. The van der Waals surface area contributed by atoms with E-state index < -0.39 is 0 Å². The highest BCUT2D eigenvalue weighted by molar-refractivity contribution is 6.31. The Labute approximate surface area is 200 Å². The van der Waals surface area contributed by atoms with E-state index in [2.05, 4.69) is 10.2 Å². The van der Waals surface area contributed by atoms with Crippen molar-refractivity contribution in [3.05, 3.63) is 83.4 Å². The second-order valence-electron chi connectivity index (χ2n) is 8.18. The third-order valence-electron chi connectivity index (χ3n) is 5.90. The molecule has 1 saturated heterocycles. The van der Waals surface area contributed by atoms with Crippen LogP contribution >= 0.6 is 11.6 Å². The summed E-state index contributed by atoms with van der Waals surface area (Å²) >= 11 is 6.25. The molecule has 6 heteroatoms. The summed E-state index contributed by atoms with van der Waals surface area (Å²) in [5.74, 6) is 0.0237. The van der Waals surface area contributed by atoms with Gasteiger partial charge in [-0.15, -0.1) is 0 Å². The van der Waals surface area contributed by atoms with Gasteiger partial charge in [0, 0.05) is 43.2 Å². The van der Waals surface area contributed by atoms with Crippen LogP contribution in [-0.4, -0.2) is 42.9 Å². The number of piperazine rings is 1. The first-order chi connectivity index (χ1) is 16.0. The first-order valence-corrected chi connectivity index (χ1v) is 11.7. The van der Waals surface area contributed by atoms with E-state index in [-0.39, 0.29) is 11.8 Å². The number of halogens is 1. The molecule has 4 rings (SSSR count). The summed E-state index contributed by atoms with van der Waals surface area (Å²) in [6, 6.07) is 23.2. The minimum absolute atomic E-state index is 0.185. The van der Waals surface area contributed by atoms with Crippen LogP contribution in [0.25, 0.3) is 11.1 Å². The fourth-order valence-corrected chi connectivity index (χ4v) is 4.26. The monoisotopic (exact) mass is 461 g/mol. The summed E-state index contributed by atoms with van der Waals surface area (Å²) in [4.78, 5) is 29.3.